The minimum absolute atomic E-state index is 0.0258. The van der Waals surface area contributed by atoms with Crippen molar-refractivity contribution < 1.29 is 4.79 Å². The number of fused-ring (bicyclic) bond motifs is 2. The lowest BCUT2D eigenvalue weighted by Gasteiger charge is -2.16. The van der Waals surface area contributed by atoms with Gasteiger partial charge in [-0.2, -0.15) is 5.10 Å². The van der Waals surface area contributed by atoms with Crippen LogP contribution in [0.4, 0.5) is 0 Å². The van der Waals surface area contributed by atoms with E-state index in [1.165, 1.54) is 0 Å². The van der Waals surface area contributed by atoms with Crippen LogP contribution in [0.2, 0.25) is 0 Å². The highest BCUT2D eigenvalue weighted by atomic mass is 16.2. The molecule has 0 aromatic carbocycles. The molecule has 4 heterocycles. The summed E-state index contributed by atoms with van der Waals surface area (Å²) < 4.78 is 3.62. The second kappa shape index (κ2) is 4.90. The normalized spacial score (nSPS) is 14.4. The summed E-state index contributed by atoms with van der Waals surface area (Å²) in [7, 11) is 1.91. The number of imidazole rings is 1. The van der Waals surface area contributed by atoms with Crippen LogP contribution >= 0.6 is 0 Å². The number of carbonyl (C=O) groups excluding carboxylic acids is 1. The third kappa shape index (κ3) is 2.19. The molecule has 1 aliphatic heterocycles. The van der Waals surface area contributed by atoms with E-state index in [0.29, 0.717) is 18.7 Å². The average Bonchev–Trinajstić information content (AvgIpc) is 3.20. The Hall–Kier alpha value is -2.70. The van der Waals surface area contributed by atoms with Crippen molar-refractivity contribution in [1.29, 1.82) is 0 Å². The molecule has 3 aromatic heterocycles. The van der Waals surface area contributed by atoms with E-state index in [-0.39, 0.29) is 11.3 Å². The van der Waals surface area contributed by atoms with Gasteiger partial charge < -0.3 is 9.47 Å². The van der Waals surface area contributed by atoms with Crippen molar-refractivity contribution in [1.82, 2.24) is 29.0 Å². The summed E-state index contributed by atoms with van der Waals surface area (Å²) >= 11 is 0. The first kappa shape index (κ1) is 14.9. The standard InChI is InChI=1S/C17H20N6O/c1-17(2,3)16-18-7-11-9-22(10-13(11)20-16)15(24)12-8-19-23-6-5-21(4)14(12)23/h5-8H,9-10H2,1-4H3. The van der Waals surface area contributed by atoms with E-state index < -0.39 is 0 Å². The van der Waals surface area contributed by atoms with E-state index in [4.69, 9.17) is 0 Å². The lowest BCUT2D eigenvalue weighted by atomic mass is 9.95. The fourth-order valence-electron chi connectivity index (χ4n) is 3.03. The quantitative estimate of drug-likeness (QED) is 0.686. The monoisotopic (exact) mass is 324 g/mol. The Labute approximate surface area is 139 Å². The van der Waals surface area contributed by atoms with Gasteiger partial charge in [-0.1, -0.05) is 20.8 Å². The van der Waals surface area contributed by atoms with Gasteiger partial charge in [0.25, 0.3) is 5.91 Å². The zero-order valence-corrected chi connectivity index (χ0v) is 14.3. The maximum absolute atomic E-state index is 12.9. The van der Waals surface area contributed by atoms with E-state index in [1.807, 2.05) is 30.2 Å². The Balaban J connectivity index is 1.65. The largest absolute Gasteiger partial charge is 0.334 e. The molecule has 0 aliphatic carbocycles. The fraction of sp³-hybridized carbons (Fsp3) is 0.412. The molecule has 24 heavy (non-hydrogen) atoms. The molecule has 1 amide bonds. The van der Waals surface area contributed by atoms with E-state index >= 15 is 0 Å². The second-order valence-corrected chi connectivity index (χ2v) is 7.31. The molecule has 0 N–H and O–H groups in total. The second-order valence-electron chi connectivity index (χ2n) is 7.31. The van der Waals surface area contributed by atoms with Gasteiger partial charge in [0.2, 0.25) is 0 Å². The molecule has 1 aliphatic rings. The summed E-state index contributed by atoms with van der Waals surface area (Å²) in [5.74, 6) is 0.785. The summed E-state index contributed by atoms with van der Waals surface area (Å²) in [6.45, 7) is 7.32. The first-order valence-corrected chi connectivity index (χ1v) is 7.98. The molecular weight excluding hydrogens is 304 g/mol. The molecule has 0 radical (unpaired) electrons. The SMILES string of the molecule is Cn1ccn2ncc(C(=O)N3Cc4cnc(C(C)(C)C)nc4C3)c12. The van der Waals surface area contributed by atoms with Crippen LogP contribution in [0.5, 0.6) is 0 Å². The van der Waals surface area contributed by atoms with Crippen molar-refractivity contribution in [3.8, 4) is 0 Å². The molecule has 0 spiro atoms. The summed E-state index contributed by atoms with van der Waals surface area (Å²) in [5.41, 5.74) is 3.27. The third-order valence-electron chi connectivity index (χ3n) is 4.38. The third-order valence-corrected chi connectivity index (χ3v) is 4.38. The first-order chi connectivity index (χ1) is 11.3. The van der Waals surface area contributed by atoms with E-state index in [0.717, 1.165) is 22.7 Å². The number of hydrogen-bond donors (Lipinski definition) is 0. The van der Waals surface area contributed by atoms with Gasteiger partial charge in [0.1, 0.15) is 17.0 Å². The maximum atomic E-state index is 12.9. The van der Waals surface area contributed by atoms with E-state index in [1.54, 1.807) is 15.6 Å². The molecule has 0 bridgehead atoms. The van der Waals surface area contributed by atoms with Crippen LogP contribution in [-0.4, -0.2) is 35.0 Å². The van der Waals surface area contributed by atoms with Crippen LogP contribution in [-0.2, 0) is 25.6 Å². The van der Waals surface area contributed by atoms with Gasteiger partial charge in [-0.25, -0.2) is 14.5 Å². The van der Waals surface area contributed by atoms with Crippen LogP contribution in [0.3, 0.4) is 0 Å². The predicted octanol–water partition coefficient (Wildman–Crippen LogP) is 1.92. The Bertz CT molecular complexity index is 946. The van der Waals surface area contributed by atoms with Gasteiger partial charge >= 0.3 is 0 Å². The zero-order chi connectivity index (χ0) is 17.1. The lowest BCUT2D eigenvalue weighted by Crippen LogP contribution is -2.25. The maximum Gasteiger partial charge on any atom is 0.259 e. The van der Waals surface area contributed by atoms with Crippen LogP contribution in [0.25, 0.3) is 5.65 Å². The average molecular weight is 324 g/mol. The van der Waals surface area contributed by atoms with E-state index in [9.17, 15) is 4.79 Å². The summed E-state index contributed by atoms with van der Waals surface area (Å²) in [6.07, 6.45) is 7.21. The molecule has 4 rings (SSSR count). The molecular formula is C17H20N6O. The van der Waals surface area contributed by atoms with Crippen molar-refractivity contribution in [2.45, 2.75) is 39.3 Å². The van der Waals surface area contributed by atoms with E-state index in [2.05, 4.69) is 35.8 Å². The highest BCUT2D eigenvalue weighted by Crippen LogP contribution is 2.26. The van der Waals surface area contributed by atoms with Gasteiger partial charge in [0.05, 0.1) is 18.4 Å². The number of rotatable bonds is 1. The Morgan fingerprint density at radius 3 is 2.71 bits per heavy atom. The molecule has 0 saturated carbocycles. The predicted molar refractivity (Wildman–Crippen MR) is 88.5 cm³/mol. The zero-order valence-electron chi connectivity index (χ0n) is 14.3. The smallest absolute Gasteiger partial charge is 0.259 e. The molecule has 0 unspecified atom stereocenters. The van der Waals surface area contributed by atoms with Gasteiger partial charge in [0.15, 0.2) is 0 Å². The topological polar surface area (TPSA) is 68.3 Å². The molecule has 7 nitrogen and oxygen atoms in total. The Kier molecular flexibility index (Phi) is 3.03. The summed E-state index contributed by atoms with van der Waals surface area (Å²) in [5, 5.41) is 4.25. The molecule has 124 valence electrons. The molecule has 7 heteroatoms. The lowest BCUT2D eigenvalue weighted by molar-refractivity contribution is 0.0752. The van der Waals surface area contributed by atoms with Gasteiger partial charge in [-0.15, -0.1) is 0 Å². The van der Waals surface area contributed by atoms with Crippen molar-refractivity contribution in [2.75, 3.05) is 0 Å². The highest BCUT2D eigenvalue weighted by molar-refractivity contribution is 6.00. The molecule has 3 aromatic rings. The summed E-state index contributed by atoms with van der Waals surface area (Å²) in [4.78, 5) is 23.9. The van der Waals surface area contributed by atoms with Gasteiger partial charge in [-0.3, -0.25) is 4.79 Å². The van der Waals surface area contributed by atoms with Crippen molar-refractivity contribution >= 4 is 11.6 Å². The first-order valence-electron chi connectivity index (χ1n) is 7.98. The Morgan fingerprint density at radius 2 is 1.96 bits per heavy atom. The fourth-order valence-corrected chi connectivity index (χ4v) is 3.03. The minimum Gasteiger partial charge on any atom is -0.334 e. The molecule has 0 atom stereocenters. The van der Waals surface area contributed by atoms with Crippen LogP contribution < -0.4 is 0 Å². The van der Waals surface area contributed by atoms with Gasteiger partial charge in [0, 0.05) is 43.2 Å². The minimum atomic E-state index is -0.103. The number of nitrogens with zero attached hydrogens (tertiary/aromatic N) is 6. The van der Waals surface area contributed by atoms with Crippen LogP contribution in [0, 0.1) is 0 Å². The van der Waals surface area contributed by atoms with Gasteiger partial charge in [-0.05, 0) is 0 Å². The highest BCUT2D eigenvalue weighted by Gasteiger charge is 2.29. The Morgan fingerprint density at radius 1 is 1.17 bits per heavy atom. The number of carbonyl (C=O) groups is 1. The summed E-state index contributed by atoms with van der Waals surface area (Å²) in [6, 6.07) is 0. The molecule has 0 saturated heterocycles. The van der Waals surface area contributed by atoms with Crippen molar-refractivity contribution in [2.24, 2.45) is 7.05 Å². The number of aromatic nitrogens is 5. The van der Waals surface area contributed by atoms with Crippen LogP contribution in [0.1, 0.15) is 48.2 Å². The van der Waals surface area contributed by atoms with Crippen molar-refractivity contribution in [3.05, 3.63) is 47.4 Å². The number of aryl methyl sites for hydroxylation is 1. The van der Waals surface area contributed by atoms with Crippen LogP contribution in [0.15, 0.2) is 24.8 Å². The molecule has 0 fully saturated rings. The number of amides is 1. The number of hydrogen-bond acceptors (Lipinski definition) is 4. The van der Waals surface area contributed by atoms with Crippen molar-refractivity contribution in [3.63, 3.8) is 0 Å².